The number of aromatic nitrogens is 1. The Bertz CT molecular complexity index is 639. The summed E-state index contributed by atoms with van der Waals surface area (Å²) in [6.07, 6.45) is 1.81. The van der Waals surface area contributed by atoms with Crippen LogP contribution in [0, 0.1) is 6.92 Å². The van der Waals surface area contributed by atoms with Crippen molar-refractivity contribution in [1.82, 2.24) is 10.3 Å². The molecule has 7 nitrogen and oxygen atoms in total. The van der Waals surface area contributed by atoms with Gasteiger partial charge in [-0.25, -0.2) is 4.98 Å². The second kappa shape index (κ2) is 6.27. The Hall–Kier alpha value is -2.54. The fourth-order valence-corrected chi connectivity index (χ4v) is 1.82. The van der Waals surface area contributed by atoms with Crippen molar-refractivity contribution in [2.45, 2.75) is 25.9 Å². The van der Waals surface area contributed by atoms with Crippen LogP contribution in [0.1, 0.15) is 17.2 Å². The van der Waals surface area contributed by atoms with Gasteiger partial charge in [0.05, 0.1) is 18.8 Å². The first-order valence-electron chi connectivity index (χ1n) is 6.41. The molecule has 2 rings (SSSR count). The van der Waals surface area contributed by atoms with Crippen molar-refractivity contribution in [3.8, 4) is 11.5 Å². The lowest BCUT2D eigenvalue weighted by Gasteiger charge is -2.12. The zero-order chi connectivity index (χ0) is 15.4. The van der Waals surface area contributed by atoms with E-state index in [1.165, 1.54) is 12.1 Å². The lowest BCUT2D eigenvalue weighted by Crippen LogP contribution is -2.41. The normalized spacial score (nSPS) is 12.1. The highest BCUT2D eigenvalue weighted by Crippen LogP contribution is 2.25. The van der Waals surface area contributed by atoms with E-state index in [-0.39, 0.29) is 30.4 Å². The minimum atomic E-state index is -0.773. The summed E-state index contributed by atoms with van der Waals surface area (Å²) in [6.45, 7) is 1.93. The van der Waals surface area contributed by atoms with Crippen molar-refractivity contribution in [2.24, 2.45) is 5.73 Å². The molecule has 0 aliphatic rings. The molecule has 0 unspecified atom stereocenters. The Morgan fingerprint density at radius 1 is 1.43 bits per heavy atom. The van der Waals surface area contributed by atoms with Gasteiger partial charge >= 0.3 is 0 Å². The summed E-state index contributed by atoms with van der Waals surface area (Å²) in [5, 5.41) is 21.2. The Morgan fingerprint density at radius 3 is 2.81 bits per heavy atom. The van der Waals surface area contributed by atoms with Crippen LogP contribution in [-0.4, -0.2) is 27.1 Å². The fraction of sp³-hybridized carbons (Fsp3) is 0.286. The quantitative estimate of drug-likeness (QED) is 0.598. The number of hydrogen-bond donors (Lipinski definition) is 4. The van der Waals surface area contributed by atoms with Gasteiger partial charge in [0.2, 0.25) is 11.8 Å². The Labute approximate surface area is 121 Å². The van der Waals surface area contributed by atoms with Crippen molar-refractivity contribution in [3.05, 3.63) is 41.6 Å². The van der Waals surface area contributed by atoms with Crippen molar-refractivity contribution in [3.63, 3.8) is 0 Å². The molecule has 1 amide bonds. The van der Waals surface area contributed by atoms with Gasteiger partial charge in [-0.05, 0) is 31.0 Å². The number of phenols is 2. The molecular formula is C14H17N3O4. The summed E-state index contributed by atoms with van der Waals surface area (Å²) >= 11 is 0. The number of aromatic hydroxyl groups is 2. The van der Waals surface area contributed by atoms with Gasteiger partial charge in [0.1, 0.15) is 5.76 Å². The molecule has 2 aromatic rings. The summed E-state index contributed by atoms with van der Waals surface area (Å²) in [5.74, 6) is 0.281. The number of carbonyl (C=O) groups is 1. The largest absolute Gasteiger partial charge is 0.504 e. The van der Waals surface area contributed by atoms with Crippen LogP contribution in [0.2, 0.25) is 0 Å². The summed E-state index contributed by atoms with van der Waals surface area (Å²) < 4.78 is 5.23. The van der Waals surface area contributed by atoms with E-state index < -0.39 is 6.04 Å². The number of hydrogen-bond acceptors (Lipinski definition) is 6. The molecule has 112 valence electrons. The molecule has 1 atom stereocenters. The Balaban J connectivity index is 1.88. The number of phenolic OH excluding ortho intramolecular Hbond substituents is 2. The summed E-state index contributed by atoms with van der Waals surface area (Å²) in [4.78, 5) is 15.8. The second-order valence-corrected chi connectivity index (χ2v) is 4.72. The number of oxazole rings is 1. The third-order valence-electron chi connectivity index (χ3n) is 2.92. The number of aryl methyl sites for hydroxylation is 1. The van der Waals surface area contributed by atoms with Crippen LogP contribution in [-0.2, 0) is 17.8 Å². The van der Waals surface area contributed by atoms with Crippen LogP contribution >= 0.6 is 0 Å². The van der Waals surface area contributed by atoms with Gasteiger partial charge in [-0.2, -0.15) is 0 Å². The number of rotatable bonds is 5. The lowest BCUT2D eigenvalue weighted by atomic mass is 10.1. The SMILES string of the molecule is Cc1cnc(CNC(=O)[C@@H](N)Cc2ccc(O)c(O)c2)o1. The van der Waals surface area contributed by atoms with Crippen LogP contribution in [0.25, 0.3) is 0 Å². The van der Waals surface area contributed by atoms with Crippen LogP contribution in [0.15, 0.2) is 28.8 Å². The number of nitrogens with two attached hydrogens (primary N) is 1. The van der Waals surface area contributed by atoms with Gasteiger partial charge in [0.25, 0.3) is 0 Å². The van der Waals surface area contributed by atoms with E-state index in [4.69, 9.17) is 10.2 Å². The molecule has 0 aliphatic heterocycles. The molecule has 1 aromatic heterocycles. The second-order valence-electron chi connectivity index (χ2n) is 4.72. The molecule has 0 saturated heterocycles. The number of nitrogens with one attached hydrogen (secondary N) is 1. The van der Waals surface area contributed by atoms with Crippen molar-refractivity contribution in [1.29, 1.82) is 0 Å². The highest BCUT2D eigenvalue weighted by atomic mass is 16.4. The smallest absolute Gasteiger partial charge is 0.237 e. The predicted molar refractivity (Wildman–Crippen MR) is 74.5 cm³/mol. The number of carbonyl (C=O) groups excluding carboxylic acids is 1. The predicted octanol–water partition coefficient (Wildman–Crippen LogP) is 0.580. The molecule has 0 aliphatic carbocycles. The highest BCUT2D eigenvalue weighted by molar-refractivity contribution is 5.81. The van der Waals surface area contributed by atoms with Gasteiger partial charge in [-0.3, -0.25) is 4.79 Å². The third kappa shape index (κ3) is 3.96. The van der Waals surface area contributed by atoms with Gasteiger partial charge in [-0.1, -0.05) is 6.07 Å². The average molecular weight is 291 g/mol. The topological polar surface area (TPSA) is 122 Å². The van der Waals surface area contributed by atoms with E-state index in [0.29, 0.717) is 17.2 Å². The standard InChI is InChI=1S/C14H17N3O4/c1-8-6-16-13(21-8)7-17-14(20)10(15)4-9-2-3-11(18)12(19)5-9/h2-3,5-6,10,18-19H,4,7,15H2,1H3,(H,17,20)/t10-/m0/s1. The molecule has 1 heterocycles. The first-order chi connectivity index (χ1) is 9.95. The summed E-state index contributed by atoms with van der Waals surface area (Å²) in [7, 11) is 0. The summed E-state index contributed by atoms with van der Waals surface area (Å²) in [6, 6.07) is 3.55. The Morgan fingerprint density at radius 2 is 2.19 bits per heavy atom. The average Bonchev–Trinajstić information content (AvgIpc) is 2.86. The molecule has 21 heavy (non-hydrogen) atoms. The lowest BCUT2D eigenvalue weighted by molar-refractivity contribution is -0.122. The van der Waals surface area contributed by atoms with E-state index in [0.717, 1.165) is 0 Å². The number of benzene rings is 1. The van der Waals surface area contributed by atoms with Gasteiger partial charge in [0, 0.05) is 0 Å². The van der Waals surface area contributed by atoms with E-state index in [9.17, 15) is 15.0 Å². The zero-order valence-corrected chi connectivity index (χ0v) is 11.5. The highest BCUT2D eigenvalue weighted by Gasteiger charge is 2.15. The monoisotopic (exact) mass is 291 g/mol. The van der Waals surface area contributed by atoms with Crippen molar-refractivity contribution in [2.75, 3.05) is 0 Å². The van der Waals surface area contributed by atoms with E-state index >= 15 is 0 Å². The first-order valence-corrected chi connectivity index (χ1v) is 6.41. The fourth-order valence-electron chi connectivity index (χ4n) is 1.82. The molecule has 0 saturated carbocycles. The molecule has 0 bridgehead atoms. The van der Waals surface area contributed by atoms with Gasteiger partial charge in [0.15, 0.2) is 11.5 Å². The molecule has 7 heteroatoms. The molecule has 0 radical (unpaired) electrons. The van der Waals surface area contributed by atoms with Crippen LogP contribution < -0.4 is 11.1 Å². The zero-order valence-electron chi connectivity index (χ0n) is 11.5. The molecule has 0 fully saturated rings. The minimum absolute atomic E-state index is 0.168. The first kappa shape index (κ1) is 14.9. The van der Waals surface area contributed by atoms with Crippen LogP contribution in [0.4, 0.5) is 0 Å². The maximum absolute atomic E-state index is 11.9. The maximum Gasteiger partial charge on any atom is 0.237 e. The van der Waals surface area contributed by atoms with Crippen LogP contribution in [0.5, 0.6) is 11.5 Å². The van der Waals surface area contributed by atoms with Crippen molar-refractivity contribution < 1.29 is 19.4 Å². The molecule has 1 aromatic carbocycles. The maximum atomic E-state index is 11.9. The number of nitrogens with zero attached hydrogens (tertiary/aromatic N) is 1. The van der Waals surface area contributed by atoms with E-state index in [2.05, 4.69) is 10.3 Å². The summed E-state index contributed by atoms with van der Waals surface area (Å²) in [5.41, 5.74) is 6.45. The van der Waals surface area contributed by atoms with Crippen molar-refractivity contribution >= 4 is 5.91 Å². The number of amides is 1. The third-order valence-corrected chi connectivity index (χ3v) is 2.92. The molecular weight excluding hydrogens is 274 g/mol. The molecule has 0 spiro atoms. The van der Waals surface area contributed by atoms with Gasteiger partial charge in [-0.15, -0.1) is 0 Å². The Kier molecular flexibility index (Phi) is 4.44. The minimum Gasteiger partial charge on any atom is -0.504 e. The van der Waals surface area contributed by atoms with Gasteiger partial charge < -0.3 is 25.7 Å². The van der Waals surface area contributed by atoms with E-state index in [1.807, 2.05) is 0 Å². The van der Waals surface area contributed by atoms with E-state index in [1.54, 1.807) is 19.2 Å². The van der Waals surface area contributed by atoms with Crippen LogP contribution in [0.3, 0.4) is 0 Å². The molecule has 5 N–H and O–H groups in total.